The molecule has 1 aliphatic rings. The Morgan fingerprint density at radius 3 is 2.35 bits per heavy atom. The van der Waals surface area contributed by atoms with Gasteiger partial charge in [-0.15, -0.1) is 0 Å². The molecule has 0 aliphatic carbocycles. The molecule has 2 N–H and O–H groups in total. The third-order valence-electron chi connectivity index (χ3n) is 3.90. The molecule has 0 saturated carbocycles. The first kappa shape index (κ1) is 15.1. The topological polar surface area (TPSA) is 38.7 Å². The van der Waals surface area contributed by atoms with Crippen LogP contribution in [0, 0.1) is 0 Å². The van der Waals surface area contributed by atoms with Crippen molar-refractivity contribution in [1.29, 1.82) is 0 Å². The van der Waals surface area contributed by atoms with E-state index >= 15 is 0 Å². The largest absolute Gasteiger partial charge is 0.396 e. The van der Waals surface area contributed by atoms with Crippen molar-refractivity contribution in [2.24, 2.45) is 0 Å². The standard InChI is InChI=1S/C16H27N3O/c1-18-10-12-19(13-11-18)16-7-5-15(6-8-16)17-9-3-2-4-14-20/h5-8,17,20H,2-4,9-14H2,1H3. The Morgan fingerprint density at radius 2 is 1.70 bits per heavy atom. The Hall–Kier alpha value is -1.26. The Balaban J connectivity index is 1.75. The molecule has 0 bridgehead atoms. The maximum atomic E-state index is 8.73. The van der Waals surface area contributed by atoms with Gasteiger partial charge in [0.1, 0.15) is 0 Å². The fraction of sp³-hybridized carbons (Fsp3) is 0.625. The van der Waals surface area contributed by atoms with Crippen LogP contribution in [0.5, 0.6) is 0 Å². The highest BCUT2D eigenvalue weighted by Crippen LogP contribution is 2.19. The fourth-order valence-corrected chi connectivity index (χ4v) is 2.50. The molecule has 4 heteroatoms. The first-order valence-corrected chi connectivity index (χ1v) is 7.68. The molecular weight excluding hydrogens is 250 g/mol. The quantitative estimate of drug-likeness (QED) is 0.748. The second-order valence-electron chi connectivity index (χ2n) is 5.55. The van der Waals surface area contributed by atoms with Crippen molar-refractivity contribution in [2.75, 3.05) is 56.6 Å². The van der Waals surface area contributed by atoms with Crippen LogP contribution >= 0.6 is 0 Å². The van der Waals surface area contributed by atoms with Gasteiger partial charge in [-0.25, -0.2) is 0 Å². The molecule has 1 aromatic rings. The lowest BCUT2D eigenvalue weighted by molar-refractivity contribution is 0.283. The number of hydrogen-bond acceptors (Lipinski definition) is 4. The molecule has 4 nitrogen and oxygen atoms in total. The van der Waals surface area contributed by atoms with Crippen LogP contribution in [0.2, 0.25) is 0 Å². The van der Waals surface area contributed by atoms with Gasteiger partial charge < -0.3 is 20.2 Å². The van der Waals surface area contributed by atoms with E-state index < -0.39 is 0 Å². The molecule has 0 radical (unpaired) electrons. The Bertz CT molecular complexity index is 372. The number of anilines is 2. The fourth-order valence-electron chi connectivity index (χ4n) is 2.50. The lowest BCUT2D eigenvalue weighted by atomic mass is 10.2. The highest BCUT2D eigenvalue weighted by molar-refractivity contribution is 5.55. The summed E-state index contributed by atoms with van der Waals surface area (Å²) in [5.74, 6) is 0. The Kier molecular flexibility index (Phi) is 6.15. The number of aliphatic hydroxyl groups is 1. The van der Waals surface area contributed by atoms with Gasteiger partial charge in [0.15, 0.2) is 0 Å². The summed E-state index contributed by atoms with van der Waals surface area (Å²) >= 11 is 0. The van der Waals surface area contributed by atoms with Gasteiger partial charge in [-0.05, 0) is 50.6 Å². The molecule has 0 aromatic heterocycles. The van der Waals surface area contributed by atoms with Gasteiger partial charge in [-0.1, -0.05) is 0 Å². The molecule has 0 unspecified atom stereocenters. The molecule has 1 heterocycles. The zero-order valence-corrected chi connectivity index (χ0v) is 12.5. The Morgan fingerprint density at radius 1 is 1.00 bits per heavy atom. The van der Waals surface area contributed by atoms with E-state index in [4.69, 9.17) is 5.11 Å². The minimum Gasteiger partial charge on any atom is -0.396 e. The molecule has 1 saturated heterocycles. The number of piperazine rings is 1. The summed E-state index contributed by atoms with van der Waals surface area (Å²) in [7, 11) is 2.18. The summed E-state index contributed by atoms with van der Waals surface area (Å²) in [6, 6.07) is 8.75. The minimum atomic E-state index is 0.305. The van der Waals surface area contributed by atoms with Gasteiger partial charge in [0, 0.05) is 50.7 Å². The third-order valence-corrected chi connectivity index (χ3v) is 3.90. The van der Waals surface area contributed by atoms with Crippen LogP contribution < -0.4 is 10.2 Å². The van der Waals surface area contributed by atoms with Crippen molar-refractivity contribution in [2.45, 2.75) is 19.3 Å². The first-order chi connectivity index (χ1) is 9.79. The molecule has 112 valence electrons. The van der Waals surface area contributed by atoms with Crippen molar-refractivity contribution in [1.82, 2.24) is 4.90 Å². The highest BCUT2D eigenvalue weighted by atomic mass is 16.2. The lowest BCUT2D eigenvalue weighted by Gasteiger charge is -2.34. The van der Waals surface area contributed by atoms with Gasteiger partial charge in [0.2, 0.25) is 0 Å². The van der Waals surface area contributed by atoms with Crippen LogP contribution in [0.15, 0.2) is 24.3 Å². The van der Waals surface area contributed by atoms with Crippen molar-refractivity contribution in [3.05, 3.63) is 24.3 Å². The normalized spacial score (nSPS) is 16.4. The molecule has 20 heavy (non-hydrogen) atoms. The second kappa shape index (κ2) is 8.12. The van der Waals surface area contributed by atoms with E-state index in [0.29, 0.717) is 6.61 Å². The maximum Gasteiger partial charge on any atom is 0.0431 e. The molecule has 0 amide bonds. The SMILES string of the molecule is CN1CCN(c2ccc(NCCCCCO)cc2)CC1. The molecule has 1 aliphatic heterocycles. The van der Waals surface area contributed by atoms with Crippen LogP contribution in [-0.2, 0) is 0 Å². The van der Waals surface area contributed by atoms with Gasteiger partial charge in [0.25, 0.3) is 0 Å². The summed E-state index contributed by atoms with van der Waals surface area (Å²) in [6.07, 6.45) is 3.10. The summed E-state index contributed by atoms with van der Waals surface area (Å²) in [4.78, 5) is 4.82. The number of likely N-dealkylation sites (N-methyl/N-ethyl adjacent to an activating group) is 1. The molecule has 1 aromatic carbocycles. The van der Waals surface area contributed by atoms with Crippen LogP contribution in [0.25, 0.3) is 0 Å². The van der Waals surface area contributed by atoms with E-state index in [9.17, 15) is 0 Å². The van der Waals surface area contributed by atoms with Crippen LogP contribution in [0.1, 0.15) is 19.3 Å². The zero-order chi connectivity index (χ0) is 14.2. The number of aliphatic hydroxyl groups excluding tert-OH is 1. The van der Waals surface area contributed by atoms with Crippen LogP contribution in [-0.4, -0.2) is 56.4 Å². The first-order valence-electron chi connectivity index (χ1n) is 7.68. The monoisotopic (exact) mass is 277 g/mol. The number of nitrogens with one attached hydrogen (secondary N) is 1. The lowest BCUT2D eigenvalue weighted by Crippen LogP contribution is -2.44. The third kappa shape index (κ3) is 4.69. The van der Waals surface area contributed by atoms with Gasteiger partial charge in [-0.2, -0.15) is 0 Å². The summed E-state index contributed by atoms with van der Waals surface area (Å²) in [5.41, 5.74) is 2.51. The molecule has 0 atom stereocenters. The van der Waals surface area contributed by atoms with E-state index in [-0.39, 0.29) is 0 Å². The predicted molar refractivity (Wildman–Crippen MR) is 85.6 cm³/mol. The average Bonchev–Trinajstić information content (AvgIpc) is 2.49. The molecule has 2 rings (SSSR count). The number of rotatable bonds is 7. The molecular formula is C16H27N3O. The number of unbranched alkanes of at least 4 members (excludes halogenated alkanes) is 2. The highest BCUT2D eigenvalue weighted by Gasteiger charge is 2.13. The number of benzene rings is 1. The van der Waals surface area contributed by atoms with Crippen molar-refractivity contribution >= 4 is 11.4 Å². The van der Waals surface area contributed by atoms with E-state index in [1.165, 1.54) is 11.4 Å². The van der Waals surface area contributed by atoms with Gasteiger partial charge in [0.05, 0.1) is 0 Å². The summed E-state index contributed by atoms with van der Waals surface area (Å²) in [5, 5.41) is 12.2. The van der Waals surface area contributed by atoms with Crippen LogP contribution in [0.3, 0.4) is 0 Å². The van der Waals surface area contributed by atoms with E-state index in [0.717, 1.165) is 52.0 Å². The van der Waals surface area contributed by atoms with Gasteiger partial charge >= 0.3 is 0 Å². The maximum absolute atomic E-state index is 8.73. The van der Waals surface area contributed by atoms with Crippen molar-refractivity contribution in [3.63, 3.8) is 0 Å². The van der Waals surface area contributed by atoms with E-state index in [1.54, 1.807) is 0 Å². The van der Waals surface area contributed by atoms with E-state index in [2.05, 4.69) is 46.4 Å². The molecule has 1 fully saturated rings. The minimum absolute atomic E-state index is 0.305. The number of hydrogen-bond donors (Lipinski definition) is 2. The van der Waals surface area contributed by atoms with E-state index in [1.807, 2.05) is 0 Å². The molecule has 0 spiro atoms. The smallest absolute Gasteiger partial charge is 0.0431 e. The predicted octanol–water partition coefficient (Wildman–Crippen LogP) is 2.01. The second-order valence-corrected chi connectivity index (χ2v) is 5.55. The summed E-state index contributed by atoms with van der Waals surface area (Å²) < 4.78 is 0. The average molecular weight is 277 g/mol. The van der Waals surface area contributed by atoms with Gasteiger partial charge in [-0.3, -0.25) is 0 Å². The number of nitrogens with zero attached hydrogens (tertiary/aromatic N) is 2. The zero-order valence-electron chi connectivity index (χ0n) is 12.5. The summed E-state index contributed by atoms with van der Waals surface area (Å²) in [6.45, 7) is 5.80. The Labute approximate surface area is 122 Å². The van der Waals surface area contributed by atoms with Crippen molar-refractivity contribution in [3.8, 4) is 0 Å². The van der Waals surface area contributed by atoms with Crippen LogP contribution in [0.4, 0.5) is 11.4 Å². The van der Waals surface area contributed by atoms with Crippen molar-refractivity contribution < 1.29 is 5.11 Å².